The van der Waals surface area contributed by atoms with E-state index < -0.39 is 5.41 Å². The molecule has 0 aromatic carbocycles. The van der Waals surface area contributed by atoms with Crippen molar-refractivity contribution in [3.8, 4) is 0 Å². The van der Waals surface area contributed by atoms with Crippen LogP contribution in [0.4, 0.5) is 0 Å². The highest BCUT2D eigenvalue weighted by Gasteiger charge is 2.33. The van der Waals surface area contributed by atoms with E-state index in [0.717, 1.165) is 25.8 Å². The second-order valence-electron chi connectivity index (χ2n) is 5.57. The molecule has 4 heteroatoms. The monoisotopic (exact) mass is 240 g/mol. The van der Waals surface area contributed by atoms with E-state index in [1.165, 1.54) is 0 Å². The van der Waals surface area contributed by atoms with Crippen LogP contribution in [-0.2, 0) is 9.59 Å². The summed E-state index contributed by atoms with van der Waals surface area (Å²) < 4.78 is 0. The van der Waals surface area contributed by atoms with Gasteiger partial charge in [0.05, 0.1) is 0 Å². The summed E-state index contributed by atoms with van der Waals surface area (Å²) in [5.74, 6) is -0.164. The van der Waals surface area contributed by atoms with Crippen molar-refractivity contribution in [2.24, 2.45) is 11.1 Å². The third-order valence-electron chi connectivity index (χ3n) is 3.40. The van der Waals surface area contributed by atoms with Crippen molar-refractivity contribution in [1.29, 1.82) is 0 Å². The second-order valence-corrected chi connectivity index (χ2v) is 5.57. The van der Waals surface area contributed by atoms with Gasteiger partial charge >= 0.3 is 0 Å². The summed E-state index contributed by atoms with van der Waals surface area (Å²) in [5, 5.41) is 0. The van der Waals surface area contributed by atoms with E-state index in [-0.39, 0.29) is 11.8 Å². The Labute approximate surface area is 104 Å². The minimum Gasteiger partial charge on any atom is -0.369 e. The molecule has 2 amide bonds. The summed E-state index contributed by atoms with van der Waals surface area (Å²) in [4.78, 5) is 25.2. The van der Waals surface area contributed by atoms with Gasteiger partial charge in [0.25, 0.3) is 0 Å². The van der Waals surface area contributed by atoms with Crippen molar-refractivity contribution in [1.82, 2.24) is 4.90 Å². The van der Waals surface area contributed by atoms with Crippen molar-refractivity contribution in [3.05, 3.63) is 0 Å². The van der Waals surface area contributed by atoms with Gasteiger partial charge in [-0.15, -0.1) is 0 Å². The summed E-state index contributed by atoms with van der Waals surface area (Å²) in [5.41, 5.74) is 4.71. The standard InChI is InChI=1S/C13H24N2O2/c1-4-9-15(10-5-6-10)11(16)7-8-13(2,3)12(14)17/h10H,4-9H2,1-3H3,(H2,14,17). The molecule has 0 atom stereocenters. The quantitative estimate of drug-likeness (QED) is 0.736. The zero-order chi connectivity index (χ0) is 13.1. The molecule has 0 unspecified atom stereocenters. The maximum Gasteiger partial charge on any atom is 0.223 e. The third-order valence-corrected chi connectivity index (χ3v) is 3.40. The largest absolute Gasteiger partial charge is 0.369 e. The molecule has 0 spiro atoms. The van der Waals surface area contributed by atoms with E-state index in [0.29, 0.717) is 18.9 Å². The Morgan fingerprint density at radius 3 is 2.35 bits per heavy atom. The van der Waals surface area contributed by atoms with Gasteiger partial charge in [-0.3, -0.25) is 9.59 Å². The molecule has 17 heavy (non-hydrogen) atoms. The molecule has 0 heterocycles. The van der Waals surface area contributed by atoms with Crippen molar-refractivity contribution < 1.29 is 9.59 Å². The highest BCUT2D eigenvalue weighted by atomic mass is 16.2. The predicted molar refractivity (Wildman–Crippen MR) is 67.2 cm³/mol. The fourth-order valence-electron chi connectivity index (χ4n) is 1.82. The zero-order valence-electron chi connectivity index (χ0n) is 11.2. The lowest BCUT2D eigenvalue weighted by Gasteiger charge is -2.25. The number of carbonyl (C=O) groups is 2. The van der Waals surface area contributed by atoms with Gasteiger partial charge < -0.3 is 10.6 Å². The first-order valence-electron chi connectivity index (χ1n) is 6.48. The Morgan fingerprint density at radius 2 is 1.94 bits per heavy atom. The molecular formula is C13H24N2O2. The summed E-state index contributed by atoms with van der Waals surface area (Å²) in [6, 6.07) is 0.458. The molecule has 1 aliphatic carbocycles. The normalized spacial score (nSPS) is 15.7. The van der Waals surface area contributed by atoms with Gasteiger partial charge in [0.1, 0.15) is 0 Å². The smallest absolute Gasteiger partial charge is 0.223 e. The second kappa shape index (κ2) is 5.52. The molecule has 0 radical (unpaired) electrons. The van der Waals surface area contributed by atoms with Crippen LogP contribution in [0.15, 0.2) is 0 Å². The van der Waals surface area contributed by atoms with E-state index >= 15 is 0 Å². The fraction of sp³-hybridized carbons (Fsp3) is 0.846. The molecule has 0 saturated heterocycles. The number of rotatable bonds is 7. The maximum absolute atomic E-state index is 12.1. The average Bonchev–Trinajstić information content (AvgIpc) is 3.06. The first-order chi connectivity index (χ1) is 7.88. The molecule has 1 fully saturated rings. The summed E-state index contributed by atoms with van der Waals surface area (Å²) in [6.45, 7) is 6.50. The molecule has 1 saturated carbocycles. The lowest BCUT2D eigenvalue weighted by molar-refractivity contribution is -0.133. The summed E-state index contributed by atoms with van der Waals surface area (Å²) >= 11 is 0. The van der Waals surface area contributed by atoms with E-state index in [2.05, 4.69) is 6.92 Å². The lowest BCUT2D eigenvalue weighted by atomic mass is 9.87. The molecule has 98 valence electrons. The van der Waals surface area contributed by atoms with Crippen molar-refractivity contribution in [3.63, 3.8) is 0 Å². The molecular weight excluding hydrogens is 216 g/mol. The van der Waals surface area contributed by atoms with Crippen LogP contribution in [0.3, 0.4) is 0 Å². The maximum atomic E-state index is 12.1. The van der Waals surface area contributed by atoms with E-state index in [4.69, 9.17) is 5.73 Å². The number of nitrogens with two attached hydrogens (primary N) is 1. The molecule has 1 rings (SSSR count). The molecule has 4 nitrogen and oxygen atoms in total. The minimum absolute atomic E-state index is 0.170. The molecule has 1 aliphatic rings. The van der Waals surface area contributed by atoms with Crippen LogP contribution in [0.5, 0.6) is 0 Å². The summed E-state index contributed by atoms with van der Waals surface area (Å²) in [6.07, 6.45) is 4.21. The van der Waals surface area contributed by atoms with Crippen molar-refractivity contribution in [2.75, 3.05) is 6.54 Å². The SMILES string of the molecule is CCCN(C(=O)CCC(C)(C)C(N)=O)C1CC1. The van der Waals surface area contributed by atoms with Crippen LogP contribution in [-0.4, -0.2) is 29.3 Å². The molecule has 0 bridgehead atoms. The Kier molecular flexibility index (Phi) is 4.54. The van der Waals surface area contributed by atoms with Crippen LogP contribution < -0.4 is 5.73 Å². The van der Waals surface area contributed by atoms with Gasteiger partial charge in [0, 0.05) is 24.4 Å². The highest BCUT2D eigenvalue weighted by molar-refractivity contribution is 5.82. The van der Waals surface area contributed by atoms with Crippen LogP contribution in [0.1, 0.15) is 52.9 Å². The summed E-state index contributed by atoms with van der Waals surface area (Å²) in [7, 11) is 0. The molecule has 0 aromatic heterocycles. The minimum atomic E-state index is -0.586. The highest BCUT2D eigenvalue weighted by Crippen LogP contribution is 2.29. The van der Waals surface area contributed by atoms with Gasteiger partial charge in [-0.05, 0) is 25.7 Å². The van der Waals surface area contributed by atoms with Gasteiger partial charge in [-0.1, -0.05) is 20.8 Å². The number of hydrogen-bond donors (Lipinski definition) is 1. The average molecular weight is 240 g/mol. The van der Waals surface area contributed by atoms with Gasteiger partial charge in [-0.2, -0.15) is 0 Å². The third kappa shape index (κ3) is 4.02. The Balaban J connectivity index is 2.44. The van der Waals surface area contributed by atoms with Gasteiger partial charge in [0.15, 0.2) is 0 Å². The van der Waals surface area contributed by atoms with Crippen LogP contribution >= 0.6 is 0 Å². The molecule has 0 aliphatic heterocycles. The Morgan fingerprint density at radius 1 is 1.35 bits per heavy atom. The van der Waals surface area contributed by atoms with Crippen molar-refractivity contribution >= 4 is 11.8 Å². The number of carbonyl (C=O) groups excluding carboxylic acids is 2. The molecule has 2 N–H and O–H groups in total. The van der Waals surface area contributed by atoms with Crippen molar-refractivity contribution in [2.45, 2.75) is 58.9 Å². The van der Waals surface area contributed by atoms with Gasteiger partial charge in [-0.25, -0.2) is 0 Å². The zero-order valence-corrected chi connectivity index (χ0v) is 11.2. The van der Waals surface area contributed by atoms with Crippen LogP contribution in [0.2, 0.25) is 0 Å². The molecule has 0 aromatic rings. The first-order valence-corrected chi connectivity index (χ1v) is 6.48. The predicted octanol–water partition coefficient (Wildman–Crippen LogP) is 1.68. The Bertz CT molecular complexity index is 296. The van der Waals surface area contributed by atoms with Crippen LogP contribution in [0, 0.1) is 5.41 Å². The number of hydrogen-bond acceptors (Lipinski definition) is 2. The van der Waals surface area contributed by atoms with E-state index in [1.807, 2.05) is 4.90 Å². The fourth-order valence-corrected chi connectivity index (χ4v) is 1.82. The van der Waals surface area contributed by atoms with Gasteiger partial charge in [0.2, 0.25) is 11.8 Å². The number of nitrogens with zero attached hydrogens (tertiary/aromatic N) is 1. The Hall–Kier alpha value is -1.06. The van der Waals surface area contributed by atoms with E-state index in [1.54, 1.807) is 13.8 Å². The number of amides is 2. The topological polar surface area (TPSA) is 63.4 Å². The van der Waals surface area contributed by atoms with E-state index in [9.17, 15) is 9.59 Å². The first kappa shape index (κ1) is 14.0. The number of primary amides is 1. The van der Waals surface area contributed by atoms with Crippen LogP contribution in [0.25, 0.3) is 0 Å². The lowest BCUT2D eigenvalue weighted by Crippen LogP contribution is -2.36.